The number of hydrogen-bond acceptors (Lipinski definition) is 4. The molecule has 15 heavy (non-hydrogen) atoms. The Morgan fingerprint density at radius 3 is 2.93 bits per heavy atom. The lowest BCUT2D eigenvalue weighted by atomic mass is 9.96. The van der Waals surface area contributed by atoms with E-state index in [-0.39, 0.29) is 29.3 Å². The zero-order valence-electron chi connectivity index (χ0n) is 7.64. The van der Waals surface area contributed by atoms with Crippen molar-refractivity contribution in [1.29, 1.82) is 0 Å². The zero-order valence-corrected chi connectivity index (χ0v) is 7.64. The number of β-amino-alcohol motifs (C(OH)–C–C–N with tert-alkyl or cyclic N) is 1. The van der Waals surface area contributed by atoms with Crippen LogP contribution in [-0.4, -0.2) is 22.5 Å². The van der Waals surface area contributed by atoms with E-state index in [0.29, 0.717) is 0 Å². The molecular weight excluding hydrogens is 200 g/mol. The summed E-state index contributed by atoms with van der Waals surface area (Å²) in [6.07, 6.45) is -1.01. The quantitative estimate of drug-likeness (QED) is 0.515. The number of carbonyl (C=O) groups is 1. The van der Waals surface area contributed by atoms with Crippen molar-refractivity contribution in [3.8, 4) is 0 Å². The summed E-state index contributed by atoms with van der Waals surface area (Å²) in [5, 5.41) is 22.7. The molecule has 6 heteroatoms. The lowest BCUT2D eigenvalue weighted by molar-refractivity contribution is -0.386. The fourth-order valence-electron chi connectivity index (χ4n) is 1.65. The lowest BCUT2D eigenvalue weighted by Gasteiger charge is -2.20. The van der Waals surface area contributed by atoms with Gasteiger partial charge in [0, 0.05) is 12.6 Å². The third-order valence-corrected chi connectivity index (χ3v) is 2.31. The predicted octanol–water partition coefficient (Wildman–Crippen LogP) is 0.372. The summed E-state index contributed by atoms with van der Waals surface area (Å²) in [5.41, 5.74) is 0.0593. The Hall–Kier alpha value is -1.95. The number of aliphatic hydroxyl groups excluding tert-OH is 1. The average molecular weight is 208 g/mol. The third kappa shape index (κ3) is 1.44. The second-order valence-electron chi connectivity index (χ2n) is 3.22. The molecule has 1 amide bonds. The minimum atomic E-state index is -1.01. The van der Waals surface area contributed by atoms with Crippen LogP contribution in [0, 0.1) is 10.1 Å². The van der Waals surface area contributed by atoms with Crippen molar-refractivity contribution in [2.75, 3.05) is 6.54 Å². The second kappa shape index (κ2) is 3.32. The van der Waals surface area contributed by atoms with Crippen LogP contribution in [0.3, 0.4) is 0 Å². The number of amides is 1. The summed E-state index contributed by atoms with van der Waals surface area (Å²) in [6.45, 7) is 0.0106. The van der Waals surface area contributed by atoms with Gasteiger partial charge in [0.15, 0.2) is 0 Å². The minimum Gasteiger partial charge on any atom is -0.386 e. The lowest BCUT2D eigenvalue weighted by Crippen LogP contribution is -2.35. The molecule has 6 nitrogen and oxygen atoms in total. The van der Waals surface area contributed by atoms with E-state index in [9.17, 15) is 20.0 Å². The maximum atomic E-state index is 11.4. The van der Waals surface area contributed by atoms with Crippen molar-refractivity contribution < 1.29 is 14.8 Å². The molecule has 1 aliphatic heterocycles. The van der Waals surface area contributed by atoms with Crippen LogP contribution in [0.4, 0.5) is 5.69 Å². The first-order chi connectivity index (χ1) is 7.11. The van der Waals surface area contributed by atoms with E-state index in [1.807, 2.05) is 0 Å². The number of fused-ring (bicyclic) bond motifs is 1. The van der Waals surface area contributed by atoms with Crippen molar-refractivity contribution in [3.05, 3.63) is 39.4 Å². The molecule has 0 saturated heterocycles. The Labute approximate surface area is 84.7 Å². The highest BCUT2D eigenvalue weighted by atomic mass is 16.6. The molecule has 2 N–H and O–H groups in total. The molecule has 78 valence electrons. The van der Waals surface area contributed by atoms with Gasteiger partial charge in [0.1, 0.15) is 6.10 Å². The van der Waals surface area contributed by atoms with Crippen LogP contribution >= 0.6 is 0 Å². The molecule has 1 atom stereocenters. The Balaban J connectivity index is 2.66. The van der Waals surface area contributed by atoms with Gasteiger partial charge in [0.25, 0.3) is 11.6 Å². The molecule has 0 bridgehead atoms. The molecule has 1 aromatic rings. The topological polar surface area (TPSA) is 92.5 Å². The summed E-state index contributed by atoms with van der Waals surface area (Å²) in [4.78, 5) is 21.5. The Kier molecular flexibility index (Phi) is 2.12. The highest BCUT2D eigenvalue weighted by Crippen LogP contribution is 2.30. The predicted molar refractivity (Wildman–Crippen MR) is 50.4 cm³/mol. The summed E-state index contributed by atoms with van der Waals surface area (Å²) >= 11 is 0. The van der Waals surface area contributed by atoms with E-state index in [0.717, 1.165) is 0 Å². The number of carbonyl (C=O) groups excluding carboxylic acids is 1. The molecule has 1 aliphatic rings. The Bertz CT molecular complexity index is 429. The molecule has 0 radical (unpaired) electrons. The van der Waals surface area contributed by atoms with Crippen LogP contribution in [0.15, 0.2) is 18.2 Å². The molecule has 0 spiro atoms. The molecule has 0 aliphatic carbocycles. The largest absolute Gasteiger partial charge is 0.386 e. The number of benzene rings is 1. The normalized spacial score (nSPS) is 19.3. The Morgan fingerprint density at radius 1 is 1.53 bits per heavy atom. The maximum absolute atomic E-state index is 11.4. The number of nitrogens with zero attached hydrogens (tertiary/aromatic N) is 1. The van der Waals surface area contributed by atoms with Crippen LogP contribution in [0.5, 0.6) is 0 Å². The van der Waals surface area contributed by atoms with Gasteiger partial charge in [-0.25, -0.2) is 0 Å². The molecule has 1 unspecified atom stereocenters. The molecule has 0 saturated carbocycles. The monoisotopic (exact) mass is 208 g/mol. The van der Waals surface area contributed by atoms with Gasteiger partial charge in [-0.05, 0) is 6.07 Å². The van der Waals surface area contributed by atoms with E-state index >= 15 is 0 Å². The van der Waals surface area contributed by atoms with Gasteiger partial charge in [-0.1, -0.05) is 6.07 Å². The molecular formula is C9H8N2O4. The zero-order chi connectivity index (χ0) is 11.0. The standard InChI is InChI=1S/C9H8N2O4/c12-7-4-10-9(13)5-2-1-3-6(8(5)7)11(14)15/h1-3,7,12H,4H2,(H,10,13). The first kappa shape index (κ1) is 9.60. The summed E-state index contributed by atoms with van der Waals surface area (Å²) in [6, 6.07) is 4.16. The van der Waals surface area contributed by atoms with Gasteiger partial charge in [0.05, 0.1) is 16.1 Å². The van der Waals surface area contributed by atoms with Crippen LogP contribution in [0.2, 0.25) is 0 Å². The van der Waals surface area contributed by atoms with Crippen LogP contribution in [0.1, 0.15) is 22.0 Å². The minimum absolute atomic E-state index is 0.0106. The van der Waals surface area contributed by atoms with E-state index in [1.165, 1.54) is 18.2 Å². The van der Waals surface area contributed by atoms with Crippen LogP contribution in [0.25, 0.3) is 0 Å². The first-order valence-electron chi connectivity index (χ1n) is 4.35. The molecule has 0 aromatic heterocycles. The van der Waals surface area contributed by atoms with Gasteiger partial charge in [-0.15, -0.1) is 0 Å². The number of rotatable bonds is 1. The number of aliphatic hydroxyl groups is 1. The first-order valence-corrected chi connectivity index (χ1v) is 4.35. The number of nitrogens with one attached hydrogen (secondary N) is 1. The van der Waals surface area contributed by atoms with Crippen molar-refractivity contribution in [1.82, 2.24) is 5.32 Å². The van der Waals surface area contributed by atoms with Crippen molar-refractivity contribution >= 4 is 11.6 Å². The van der Waals surface area contributed by atoms with Crippen molar-refractivity contribution in [2.24, 2.45) is 0 Å². The van der Waals surface area contributed by atoms with Crippen LogP contribution < -0.4 is 5.32 Å². The summed E-state index contributed by atoms with van der Waals surface area (Å²) < 4.78 is 0. The van der Waals surface area contributed by atoms with Gasteiger partial charge >= 0.3 is 0 Å². The number of nitro groups is 1. The van der Waals surface area contributed by atoms with E-state index in [4.69, 9.17) is 0 Å². The fourth-order valence-corrected chi connectivity index (χ4v) is 1.65. The van der Waals surface area contributed by atoms with Crippen LogP contribution in [-0.2, 0) is 0 Å². The number of hydrogen-bond donors (Lipinski definition) is 2. The highest BCUT2D eigenvalue weighted by molar-refractivity contribution is 5.98. The summed E-state index contributed by atoms with van der Waals surface area (Å²) in [7, 11) is 0. The molecule has 2 rings (SSSR count). The smallest absolute Gasteiger partial charge is 0.276 e. The Morgan fingerprint density at radius 2 is 2.27 bits per heavy atom. The highest BCUT2D eigenvalue weighted by Gasteiger charge is 2.30. The van der Waals surface area contributed by atoms with Gasteiger partial charge < -0.3 is 10.4 Å². The van der Waals surface area contributed by atoms with Gasteiger partial charge in [-0.2, -0.15) is 0 Å². The van der Waals surface area contributed by atoms with E-state index in [2.05, 4.69) is 5.32 Å². The molecule has 0 fully saturated rings. The van der Waals surface area contributed by atoms with Crippen molar-refractivity contribution in [3.63, 3.8) is 0 Å². The SMILES string of the molecule is O=C1NCC(O)c2c1cccc2[N+](=O)[O-]. The molecule has 1 heterocycles. The van der Waals surface area contributed by atoms with Crippen molar-refractivity contribution in [2.45, 2.75) is 6.10 Å². The second-order valence-corrected chi connectivity index (χ2v) is 3.22. The van der Waals surface area contributed by atoms with Gasteiger partial charge in [-0.3, -0.25) is 14.9 Å². The average Bonchev–Trinajstić information content (AvgIpc) is 2.23. The van der Waals surface area contributed by atoms with E-state index < -0.39 is 11.0 Å². The summed E-state index contributed by atoms with van der Waals surface area (Å²) in [5.74, 6) is -0.390. The maximum Gasteiger partial charge on any atom is 0.276 e. The fraction of sp³-hybridized carbons (Fsp3) is 0.222. The number of nitro benzene ring substituents is 1. The van der Waals surface area contributed by atoms with Gasteiger partial charge in [0.2, 0.25) is 0 Å². The third-order valence-electron chi connectivity index (χ3n) is 2.31. The molecule has 1 aromatic carbocycles. The van der Waals surface area contributed by atoms with E-state index in [1.54, 1.807) is 0 Å².